The van der Waals surface area contributed by atoms with Crippen LogP contribution in [0.1, 0.15) is 29.6 Å². The maximum atomic E-state index is 13.7. The zero-order valence-electron chi connectivity index (χ0n) is 15.4. The molecule has 0 atom stereocenters. The van der Waals surface area contributed by atoms with Crippen LogP contribution in [0.15, 0.2) is 22.7 Å². The number of anilines is 1. The molecule has 7 nitrogen and oxygen atoms in total. The molecule has 2 aromatic rings. The second-order valence-corrected chi connectivity index (χ2v) is 6.58. The summed E-state index contributed by atoms with van der Waals surface area (Å²) in [6, 6.07) is 4.07. The van der Waals surface area contributed by atoms with Gasteiger partial charge in [0.25, 0.3) is 0 Å². The number of methoxy groups -OCH3 is 2. The van der Waals surface area contributed by atoms with E-state index in [0.29, 0.717) is 30.4 Å². The molecular weight excluding hydrogens is 355 g/mol. The summed E-state index contributed by atoms with van der Waals surface area (Å²) in [7, 11) is 3.04. The lowest BCUT2D eigenvalue weighted by Crippen LogP contribution is -2.35. The van der Waals surface area contributed by atoms with Gasteiger partial charge in [-0.2, -0.15) is 0 Å². The third-order valence-corrected chi connectivity index (χ3v) is 4.95. The van der Waals surface area contributed by atoms with Crippen LogP contribution in [0.3, 0.4) is 0 Å². The monoisotopic (exact) mass is 378 g/mol. The van der Waals surface area contributed by atoms with E-state index in [4.69, 9.17) is 14.0 Å². The first kappa shape index (κ1) is 19.2. The number of aromatic nitrogens is 1. The van der Waals surface area contributed by atoms with Gasteiger partial charge in [-0.05, 0) is 43.4 Å². The molecule has 0 saturated carbocycles. The molecule has 0 unspecified atom stereocenters. The summed E-state index contributed by atoms with van der Waals surface area (Å²) < 4.78 is 29.1. The van der Waals surface area contributed by atoms with Crippen molar-refractivity contribution >= 4 is 11.8 Å². The average molecular weight is 378 g/mol. The Kier molecular flexibility index (Phi) is 5.95. The van der Waals surface area contributed by atoms with Gasteiger partial charge in [0.15, 0.2) is 28.7 Å². The minimum absolute atomic E-state index is 0.0146. The summed E-state index contributed by atoms with van der Waals surface area (Å²) in [6.07, 6.45) is 2.87. The molecule has 0 amide bonds. The van der Waals surface area contributed by atoms with Crippen molar-refractivity contribution in [3.8, 4) is 17.1 Å². The first-order chi connectivity index (χ1) is 13.0. The van der Waals surface area contributed by atoms with Crippen LogP contribution in [0.25, 0.3) is 11.3 Å². The Morgan fingerprint density at radius 2 is 2.11 bits per heavy atom. The molecule has 1 aliphatic heterocycles. The highest BCUT2D eigenvalue weighted by Gasteiger charge is 2.30. The quantitative estimate of drug-likeness (QED) is 0.790. The second-order valence-electron chi connectivity index (χ2n) is 6.58. The van der Waals surface area contributed by atoms with E-state index in [1.165, 1.54) is 25.3 Å². The number of nitrogens with zero attached hydrogens (tertiary/aromatic N) is 2. The van der Waals surface area contributed by atoms with Gasteiger partial charge in [0.1, 0.15) is 0 Å². The number of hydrogen-bond donors (Lipinski definition) is 1. The van der Waals surface area contributed by atoms with Crippen LogP contribution in [-0.2, 0) is 4.74 Å². The van der Waals surface area contributed by atoms with Crippen molar-refractivity contribution in [3.63, 3.8) is 0 Å². The van der Waals surface area contributed by atoms with E-state index in [2.05, 4.69) is 5.16 Å². The van der Waals surface area contributed by atoms with Crippen molar-refractivity contribution in [3.05, 3.63) is 29.6 Å². The summed E-state index contributed by atoms with van der Waals surface area (Å²) in [6.45, 7) is 2.13. The van der Waals surface area contributed by atoms with Crippen LogP contribution in [0.2, 0.25) is 0 Å². The van der Waals surface area contributed by atoms with Gasteiger partial charge in [-0.15, -0.1) is 0 Å². The van der Waals surface area contributed by atoms with E-state index in [-0.39, 0.29) is 17.1 Å². The van der Waals surface area contributed by atoms with Gasteiger partial charge in [0, 0.05) is 32.4 Å². The number of rotatable bonds is 7. The van der Waals surface area contributed by atoms with Crippen LogP contribution >= 0.6 is 0 Å². The van der Waals surface area contributed by atoms with Crippen molar-refractivity contribution in [2.75, 3.05) is 38.8 Å². The SMILES string of the molecule is COCCC1CCN(c2noc(-c3ccc(F)c(OC)c3)c2C(=O)O)CC1. The summed E-state index contributed by atoms with van der Waals surface area (Å²) in [5, 5.41) is 13.7. The normalized spacial score (nSPS) is 15.1. The maximum Gasteiger partial charge on any atom is 0.343 e. The predicted molar refractivity (Wildman–Crippen MR) is 96.8 cm³/mol. The zero-order chi connectivity index (χ0) is 19.4. The summed E-state index contributed by atoms with van der Waals surface area (Å²) in [4.78, 5) is 13.8. The highest BCUT2D eigenvalue weighted by atomic mass is 19.1. The molecule has 2 heterocycles. The van der Waals surface area contributed by atoms with Gasteiger partial charge in [-0.25, -0.2) is 9.18 Å². The lowest BCUT2D eigenvalue weighted by atomic mass is 9.93. The number of carboxylic acid groups (broad SMARTS) is 1. The summed E-state index contributed by atoms with van der Waals surface area (Å²) >= 11 is 0. The molecule has 0 spiro atoms. The van der Waals surface area contributed by atoms with Gasteiger partial charge in [-0.1, -0.05) is 5.16 Å². The Bertz CT molecular complexity index is 799. The Balaban J connectivity index is 1.86. The number of ether oxygens (including phenoxy) is 2. The lowest BCUT2D eigenvalue weighted by Gasteiger charge is -2.32. The third kappa shape index (κ3) is 4.05. The molecule has 1 aliphatic rings. The number of aromatic carboxylic acids is 1. The largest absolute Gasteiger partial charge is 0.494 e. The highest BCUT2D eigenvalue weighted by molar-refractivity contribution is 5.99. The van der Waals surface area contributed by atoms with E-state index in [1.54, 1.807) is 7.11 Å². The van der Waals surface area contributed by atoms with Crippen LogP contribution in [0.4, 0.5) is 10.2 Å². The third-order valence-electron chi connectivity index (χ3n) is 4.95. The van der Waals surface area contributed by atoms with Crippen molar-refractivity contribution in [1.82, 2.24) is 5.16 Å². The fraction of sp³-hybridized carbons (Fsp3) is 0.474. The van der Waals surface area contributed by atoms with Crippen molar-refractivity contribution in [2.45, 2.75) is 19.3 Å². The summed E-state index contributed by atoms with van der Waals surface area (Å²) in [5.41, 5.74) is 0.387. The van der Waals surface area contributed by atoms with Gasteiger partial charge in [0.2, 0.25) is 0 Å². The Morgan fingerprint density at radius 1 is 1.37 bits per heavy atom. The zero-order valence-corrected chi connectivity index (χ0v) is 15.4. The molecular formula is C19H23FN2O5. The standard InChI is InChI=1S/C19H23FN2O5/c1-25-10-7-12-5-8-22(9-6-12)18-16(19(23)24)17(27-21-18)13-3-4-14(20)15(11-13)26-2/h3-4,11-12H,5-10H2,1-2H3,(H,23,24). The maximum absolute atomic E-state index is 13.7. The first-order valence-corrected chi connectivity index (χ1v) is 8.86. The number of benzene rings is 1. The van der Waals surface area contributed by atoms with Crippen LogP contribution < -0.4 is 9.64 Å². The summed E-state index contributed by atoms with van der Waals surface area (Å²) in [5.74, 6) is -0.687. The molecule has 1 saturated heterocycles. The minimum Gasteiger partial charge on any atom is -0.494 e. The molecule has 1 fully saturated rings. The Morgan fingerprint density at radius 3 is 2.74 bits per heavy atom. The number of hydrogen-bond acceptors (Lipinski definition) is 6. The molecule has 0 bridgehead atoms. The lowest BCUT2D eigenvalue weighted by molar-refractivity contribution is 0.0697. The predicted octanol–water partition coefficient (Wildman–Crippen LogP) is 3.44. The van der Waals surface area contributed by atoms with Crippen LogP contribution in [0, 0.1) is 11.7 Å². The molecule has 0 aliphatic carbocycles. The average Bonchev–Trinajstić information content (AvgIpc) is 3.12. The molecule has 146 valence electrons. The van der Waals surface area contributed by atoms with Gasteiger partial charge < -0.3 is 24.0 Å². The van der Waals surface area contributed by atoms with Crippen LogP contribution in [0.5, 0.6) is 5.75 Å². The van der Waals surface area contributed by atoms with Gasteiger partial charge >= 0.3 is 5.97 Å². The number of halogens is 1. The second kappa shape index (κ2) is 8.39. The molecule has 8 heteroatoms. The van der Waals surface area contributed by atoms with E-state index in [0.717, 1.165) is 25.9 Å². The molecule has 3 rings (SSSR count). The fourth-order valence-electron chi connectivity index (χ4n) is 3.41. The molecule has 1 aromatic heterocycles. The fourth-order valence-corrected chi connectivity index (χ4v) is 3.41. The molecule has 1 N–H and O–H groups in total. The van der Waals surface area contributed by atoms with Gasteiger partial charge in [-0.3, -0.25) is 0 Å². The van der Waals surface area contributed by atoms with E-state index in [1.807, 2.05) is 4.90 Å². The van der Waals surface area contributed by atoms with E-state index in [9.17, 15) is 14.3 Å². The Hall–Kier alpha value is -2.61. The molecule has 0 radical (unpaired) electrons. The van der Waals surface area contributed by atoms with Crippen molar-refractivity contribution in [2.24, 2.45) is 5.92 Å². The molecule has 27 heavy (non-hydrogen) atoms. The highest BCUT2D eigenvalue weighted by Crippen LogP contribution is 2.35. The Labute approximate surface area is 156 Å². The van der Waals surface area contributed by atoms with Crippen molar-refractivity contribution < 1.29 is 28.3 Å². The topological polar surface area (TPSA) is 85.0 Å². The van der Waals surface area contributed by atoms with Crippen molar-refractivity contribution in [1.29, 1.82) is 0 Å². The van der Waals surface area contributed by atoms with E-state index >= 15 is 0 Å². The first-order valence-electron chi connectivity index (χ1n) is 8.86. The van der Waals surface area contributed by atoms with Gasteiger partial charge in [0.05, 0.1) is 7.11 Å². The van der Waals surface area contributed by atoms with Crippen LogP contribution in [-0.4, -0.2) is 50.1 Å². The number of piperidine rings is 1. The van der Waals surface area contributed by atoms with E-state index < -0.39 is 11.8 Å². The number of carbonyl (C=O) groups is 1. The number of carboxylic acids is 1. The minimum atomic E-state index is -1.13. The molecule has 1 aromatic carbocycles. The smallest absolute Gasteiger partial charge is 0.343 e.